The van der Waals surface area contributed by atoms with Crippen molar-refractivity contribution in [3.63, 3.8) is 0 Å². The third-order valence-corrected chi connectivity index (χ3v) is 3.98. The van der Waals surface area contributed by atoms with Crippen LogP contribution in [0, 0.1) is 0 Å². The first-order valence-electron chi connectivity index (χ1n) is 7.92. The molecule has 1 N–H and O–H groups in total. The molecule has 0 spiro atoms. The Hall–Kier alpha value is -0.810. The lowest BCUT2D eigenvalue weighted by molar-refractivity contribution is 0.238. The monoisotopic (exact) mass is 327 g/mol. The number of hydrogen-bond acceptors (Lipinski definition) is 4. The molecule has 0 amide bonds. The number of rotatable bonds is 7. The van der Waals surface area contributed by atoms with Crippen LogP contribution in [0.2, 0.25) is 0 Å². The summed E-state index contributed by atoms with van der Waals surface area (Å²) in [6, 6.07) is 6.62. The van der Waals surface area contributed by atoms with Crippen LogP contribution in [0.1, 0.15) is 17.5 Å². The maximum atomic E-state index is 5.46. The van der Waals surface area contributed by atoms with Gasteiger partial charge in [0.2, 0.25) is 0 Å². The van der Waals surface area contributed by atoms with Gasteiger partial charge in [-0.1, -0.05) is 12.1 Å². The van der Waals surface area contributed by atoms with Crippen LogP contribution in [0.25, 0.3) is 0 Å². The van der Waals surface area contributed by atoms with Crippen LogP contribution in [0.3, 0.4) is 0 Å². The smallest absolute Gasteiger partial charge is 0.123 e. The lowest BCUT2D eigenvalue weighted by atomic mass is 10.0. The van der Waals surface area contributed by atoms with Crippen LogP contribution >= 0.6 is 12.4 Å². The van der Waals surface area contributed by atoms with Crippen LogP contribution in [0.4, 0.5) is 0 Å². The van der Waals surface area contributed by atoms with Gasteiger partial charge in [-0.25, -0.2) is 0 Å². The average Bonchev–Trinajstić information content (AvgIpc) is 2.48. The topological polar surface area (TPSA) is 27.7 Å². The highest BCUT2D eigenvalue weighted by atomic mass is 35.5. The highest BCUT2D eigenvalue weighted by Gasteiger charge is 2.09. The van der Waals surface area contributed by atoms with Gasteiger partial charge in [0.05, 0.1) is 7.11 Å². The van der Waals surface area contributed by atoms with E-state index in [1.807, 2.05) is 0 Å². The van der Waals surface area contributed by atoms with Crippen molar-refractivity contribution in [2.45, 2.75) is 19.4 Å². The number of halogens is 1. The molecule has 126 valence electrons. The molecule has 0 saturated carbocycles. The summed E-state index contributed by atoms with van der Waals surface area (Å²) >= 11 is 0. The molecule has 0 radical (unpaired) electrons. The molecule has 2 rings (SSSR count). The number of ether oxygens (including phenoxy) is 1. The van der Waals surface area contributed by atoms with Crippen LogP contribution in [0.5, 0.6) is 5.75 Å². The number of nitrogens with zero attached hydrogens (tertiary/aromatic N) is 2. The fraction of sp³-hybridized carbons (Fsp3) is 0.647. The summed E-state index contributed by atoms with van der Waals surface area (Å²) in [6.45, 7) is 6.78. The van der Waals surface area contributed by atoms with Crippen molar-refractivity contribution in [2.24, 2.45) is 0 Å². The number of aryl methyl sites for hydroxylation is 1. The molecule has 5 heteroatoms. The van der Waals surface area contributed by atoms with Gasteiger partial charge < -0.3 is 19.9 Å². The van der Waals surface area contributed by atoms with Gasteiger partial charge in [-0.2, -0.15) is 0 Å². The van der Waals surface area contributed by atoms with Gasteiger partial charge in [0.1, 0.15) is 5.75 Å². The van der Waals surface area contributed by atoms with Gasteiger partial charge in [-0.3, -0.25) is 0 Å². The van der Waals surface area contributed by atoms with Gasteiger partial charge in [0, 0.05) is 38.3 Å². The van der Waals surface area contributed by atoms with Crippen molar-refractivity contribution in [3.05, 3.63) is 29.3 Å². The SMILES string of the molecule is COc1ccc(CCCN2CCNCC2)cc1CN(C)C.Cl. The zero-order valence-electron chi connectivity index (χ0n) is 14.1. The van der Waals surface area contributed by atoms with Crippen LogP contribution in [-0.4, -0.2) is 63.7 Å². The molecule has 22 heavy (non-hydrogen) atoms. The van der Waals surface area contributed by atoms with Crippen molar-refractivity contribution in [1.82, 2.24) is 15.1 Å². The van der Waals surface area contributed by atoms with Crippen LogP contribution < -0.4 is 10.1 Å². The number of benzene rings is 1. The summed E-state index contributed by atoms with van der Waals surface area (Å²) in [6.07, 6.45) is 2.38. The summed E-state index contributed by atoms with van der Waals surface area (Å²) in [7, 11) is 5.94. The largest absolute Gasteiger partial charge is 0.496 e. The van der Waals surface area contributed by atoms with E-state index in [1.165, 1.54) is 37.2 Å². The molecule has 0 atom stereocenters. The van der Waals surface area contributed by atoms with Crippen molar-refractivity contribution in [2.75, 3.05) is 53.9 Å². The lowest BCUT2D eigenvalue weighted by Crippen LogP contribution is -2.43. The van der Waals surface area contributed by atoms with E-state index in [9.17, 15) is 0 Å². The van der Waals surface area contributed by atoms with Gasteiger partial charge in [-0.05, 0) is 45.1 Å². The molecule has 1 aromatic carbocycles. The second kappa shape index (κ2) is 10.1. The minimum absolute atomic E-state index is 0. The van der Waals surface area contributed by atoms with E-state index >= 15 is 0 Å². The van der Waals surface area contributed by atoms with Crippen molar-refractivity contribution < 1.29 is 4.74 Å². The molecule has 0 bridgehead atoms. The van der Waals surface area contributed by atoms with E-state index in [0.717, 1.165) is 31.8 Å². The van der Waals surface area contributed by atoms with Gasteiger partial charge >= 0.3 is 0 Å². The Morgan fingerprint density at radius 3 is 2.59 bits per heavy atom. The van der Waals surface area contributed by atoms with Gasteiger partial charge in [0.25, 0.3) is 0 Å². The van der Waals surface area contributed by atoms with E-state index in [1.54, 1.807) is 7.11 Å². The predicted octanol–water partition coefficient (Wildman–Crippen LogP) is 2.02. The number of methoxy groups -OCH3 is 1. The molecule has 1 aliphatic rings. The Morgan fingerprint density at radius 1 is 1.23 bits per heavy atom. The quantitative estimate of drug-likeness (QED) is 0.829. The zero-order valence-corrected chi connectivity index (χ0v) is 14.9. The van der Waals surface area contributed by atoms with E-state index in [2.05, 4.69) is 47.4 Å². The van der Waals surface area contributed by atoms with Gasteiger partial charge in [-0.15, -0.1) is 12.4 Å². The third kappa shape index (κ3) is 6.13. The molecular formula is C17H30ClN3O. The molecule has 0 aromatic heterocycles. The maximum Gasteiger partial charge on any atom is 0.123 e. The summed E-state index contributed by atoms with van der Waals surface area (Å²) < 4.78 is 5.46. The third-order valence-electron chi connectivity index (χ3n) is 3.98. The van der Waals surface area contributed by atoms with Crippen LogP contribution in [0.15, 0.2) is 18.2 Å². The second-order valence-electron chi connectivity index (χ2n) is 6.08. The Balaban J connectivity index is 0.00000242. The van der Waals surface area contributed by atoms with Crippen molar-refractivity contribution in [3.8, 4) is 5.75 Å². The first-order chi connectivity index (χ1) is 10.2. The number of nitrogens with one attached hydrogen (secondary N) is 1. The number of hydrogen-bond donors (Lipinski definition) is 1. The molecule has 1 aromatic rings. The molecule has 1 aliphatic heterocycles. The van der Waals surface area contributed by atoms with E-state index < -0.39 is 0 Å². The molecule has 1 fully saturated rings. The highest BCUT2D eigenvalue weighted by Crippen LogP contribution is 2.21. The maximum absolute atomic E-state index is 5.46. The minimum Gasteiger partial charge on any atom is -0.496 e. The fourth-order valence-corrected chi connectivity index (χ4v) is 2.89. The Labute approximate surface area is 141 Å². The Morgan fingerprint density at radius 2 is 1.95 bits per heavy atom. The van der Waals surface area contributed by atoms with Crippen molar-refractivity contribution in [1.29, 1.82) is 0 Å². The number of piperazine rings is 1. The normalized spacial score (nSPS) is 15.6. The summed E-state index contributed by atoms with van der Waals surface area (Å²) in [5.74, 6) is 0.995. The minimum atomic E-state index is 0. The first kappa shape index (κ1) is 19.2. The Bertz CT molecular complexity index is 434. The Kier molecular flexibility index (Phi) is 8.79. The molecule has 4 nitrogen and oxygen atoms in total. The molecular weight excluding hydrogens is 298 g/mol. The summed E-state index contributed by atoms with van der Waals surface area (Å²) in [4.78, 5) is 4.74. The highest BCUT2D eigenvalue weighted by molar-refractivity contribution is 5.85. The van der Waals surface area contributed by atoms with Crippen molar-refractivity contribution >= 4 is 12.4 Å². The fourth-order valence-electron chi connectivity index (χ4n) is 2.89. The molecule has 0 aliphatic carbocycles. The average molecular weight is 328 g/mol. The van der Waals surface area contributed by atoms with E-state index in [-0.39, 0.29) is 12.4 Å². The molecule has 1 heterocycles. The zero-order chi connectivity index (χ0) is 15.1. The summed E-state index contributed by atoms with van der Waals surface area (Å²) in [5, 5.41) is 3.40. The first-order valence-corrected chi connectivity index (χ1v) is 7.92. The summed E-state index contributed by atoms with van der Waals surface area (Å²) in [5.41, 5.74) is 2.70. The van der Waals surface area contributed by atoms with Gasteiger partial charge in [0.15, 0.2) is 0 Å². The second-order valence-corrected chi connectivity index (χ2v) is 6.08. The van der Waals surface area contributed by atoms with Crippen LogP contribution in [-0.2, 0) is 13.0 Å². The molecule has 1 saturated heterocycles. The standard InChI is InChI=1S/C17H29N3O.ClH/c1-19(2)14-16-13-15(6-7-17(16)21-3)5-4-10-20-11-8-18-9-12-20;/h6-7,13,18H,4-5,8-12,14H2,1-3H3;1H. The van der Waals surface area contributed by atoms with E-state index in [0.29, 0.717) is 0 Å². The predicted molar refractivity (Wildman–Crippen MR) is 95.3 cm³/mol. The molecule has 0 unspecified atom stereocenters. The lowest BCUT2D eigenvalue weighted by Gasteiger charge is -2.27. The van der Waals surface area contributed by atoms with E-state index in [4.69, 9.17) is 4.74 Å².